The fraction of sp³-hybridized carbons (Fsp3) is 0.176. The van der Waals surface area contributed by atoms with Crippen molar-refractivity contribution in [3.05, 3.63) is 59.1 Å². The maximum absolute atomic E-state index is 12.4. The summed E-state index contributed by atoms with van der Waals surface area (Å²) in [6.07, 6.45) is 1.18. The van der Waals surface area contributed by atoms with E-state index in [0.717, 1.165) is 6.42 Å². The van der Waals surface area contributed by atoms with Gasteiger partial charge in [0.1, 0.15) is 0 Å². The maximum Gasteiger partial charge on any atom is 0.257 e. The first-order valence-corrected chi connectivity index (χ1v) is 7.43. The highest BCUT2D eigenvalue weighted by molar-refractivity contribution is 6.30. The molecule has 0 heterocycles. The number of halogens is 1. The summed E-state index contributed by atoms with van der Waals surface area (Å²) in [6.45, 7) is 1.93. The fourth-order valence-electron chi connectivity index (χ4n) is 1.96. The Labute approximate surface area is 134 Å². The molecule has 0 aliphatic rings. The number of nitrogens with one attached hydrogen (secondary N) is 2. The summed E-state index contributed by atoms with van der Waals surface area (Å²) < 4.78 is 0. The summed E-state index contributed by atoms with van der Waals surface area (Å²) >= 11 is 5.82. The molecule has 4 nitrogen and oxygen atoms in total. The standard InChI is InChI=1S/C17H17ClN2O2/c1-2-5-16(21)20-15-7-4-3-6-14(15)17(22)19-13-10-8-12(18)9-11-13/h3-4,6-11H,2,5H2,1H3,(H,19,22)(H,20,21). The van der Waals surface area contributed by atoms with E-state index >= 15 is 0 Å². The summed E-state index contributed by atoms with van der Waals surface area (Å²) in [5, 5.41) is 6.15. The fourth-order valence-corrected chi connectivity index (χ4v) is 2.09. The Hall–Kier alpha value is -2.33. The molecular formula is C17H17ClN2O2. The molecule has 22 heavy (non-hydrogen) atoms. The molecule has 0 aromatic heterocycles. The lowest BCUT2D eigenvalue weighted by atomic mass is 10.1. The molecular weight excluding hydrogens is 300 g/mol. The molecule has 114 valence electrons. The van der Waals surface area contributed by atoms with E-state index < -0.39 is 0 Å². The maximum atomic E-state index is 12.4. The van der Waals surface area contributed by atoms with Crippen LogP contribution < -0.4 is 10.6 Å². The van der Waals surface area contributed by atoms with Gasteiger partial charge in [0.05, 0.1) is 11.3 Å². The number of rotatable bonds is 5. The van der Waals surface area contributed by atoms with Crippen LogP contribution in [0.1, 0.15) is 30.1 Å². The molecule has 0 aliphatic heterocycles. The first-order valence-electron chi connectivity index (χ1n) is 7.06. The van der Waals surface area contributed by atoms with Gasteiger partial charge in [-0.1, -0.05) is 30.7 Å². The van der Waals surface area contributed by atoms with Crippen molar-refractivity contribution in [3.8, 4) is 0 Å². The number of hydrogen-bond donors (Lipinski definition) is 2. The third-order valence-electron chi connectivity index (χ3n) is 3.02. The Kier molecular flexibility index (Phi) is 5.55. The average molecular weight is 317 g/mol. The number of carbonyl (C=O) groups excluding carboxylic acids is 2. The molecule has 0 fully saturated rings. The molecule has 0 saturated carbocycles. The van der Waals surface area contributed by atoms with Crippen LogP contribution in [0.3, 0.4) is 0 Å². The predicted molar refractivity (Wildman–Crippen MR) is 89.4 cm³/mol. The zero-order valence-electron chi connectivity index (χ0n) is 12.2. The molecule has 2 aromatic rings. The van der Waals surface area contributed by atoms with Gasteiger partial charge in [-0.25, -0.2) is 0 Å². The Morgan fingerprint density at radius 2 is 1.68 bits per heavy atom. The van der Waals surface area contributed by atoms with Crippen LogP contribution in [0.15, 0.2) is 48.5 Å². The van der Waals surface area contributed by atoms with Gasteiger partial charge < -0.3 is 10.6 Å². The van der Waals surface area contributed by atoms with Gasteiger partial charge in [-0.05, 0) is 42.8 Å². The van der Waals surface area contributed by atoms with E-state index in [1.54, 1.807) is 48.5 Å². The Morgan fingerprint density at radius 3 is 2.36 bits per heavy atom. The van der Waals surface area contributed by atoms with Crippen molar-refractivity contribution in [3.63, 3.8) is 0 Å². The smallest absolute Gasteiger partial charge is 0.257 e. The van der Waals surface area contributed by atoms with Crippen LogP contribution in [0.25, 0.3) is 0 Å². The van der Waals surface area contributed by atoms with Crippen LogP contribution in [-0.4, -0.2) is 11.8 Å². The molecule has 0 atom stereocenters. The molecule has 2 N–H and O–H groups in total. The second-order valence-electron chi connectivity index (χ2n) is 4.80. The quantitative estimate of drug-likeness (QED) is 0.862. The monoisotopic (exact) mass is 316 g/mol. The van der Waals surface area contributed by atoms with Gasteiger partial charge in [-0.2, -0.15) is 0 Å². The van der Waals surface area contributed by atoms with E-state index in [2.05, 4.69) is 10.6 Å². The number of para-hydroxylation sites is 1. The van der Waals surface area contributed by atoms with E-state index in [0.29, 0.717) is 28.4 Å². The number of amides is 2. The zero-order valence-corrected chi connectivity index (χ0v) is 13.0. The van der Waals surface area contributed by atoms with Crippen molar-refractivity contribution in [1.29, 1.82) is 0 Å². The average Bonchev–Trinajstić information content (AvgIpc) is 2.50. The predicted octanol–water partition coefficient (Wildman–Crippen LogP) is 4.33. The number of carbonyl (C=O) groups is 2. The van der Waals surface area contributed by atoms with Gasteiger partial charge in [0, 0.05) is 17.1 Å². The van der Waals surface area contributed by atoms with Gasteiger partial charge in [0.15, 0.2) is 0 Å². The molecule has 5 heteroatoms. The third-order valence-corrected chi connectivity index (χ3v) is 3.28. The van der Waals surface area contributed by atoms with Crippen LogP contribution >= 0.6 is 11.6 Å². The van der Waals surface area contributed by atoms with E-state index in [9.17, 15) is 9.59 Å². The molecule has 2 rings (SSSR count). The molecule has 0 spiro atoms. The minimum absolute atomic E-state index is 0.103. The van der Waals surface area contributed by atoms with Gasteiger partial charge in [0.2, 0.25) is 5.91 Å². The summed E-state index contributed by atoms with van der Waals surface area (Å²) in [6, 6.07) is 13.8. The lowest BCUT2D eigenvalue weighted by Gasteiger charge is -2.11. The van der Waals surface area contributed by atoms with Crippen molar-refractivity contribution < 1.29 is 9.59 Å². The summed E-state index contributed by atoms with van der Waals surface area (Å²) in [7, 11) is 0. The highest BCUT2D eigenvalue weighted by Gasteiger charge is 2.13. The second kappa shape index (κ2) is 7.61. The van der Waals surface area contributed by atoms with Gasteiger partial charge in [0.25, 0.3) is 5.91 Å². The minimum Gasteiger partial charge on any atom is -0.325 e. The van der Waals surface area contributed by atoms with Crippen LogP contribution in [0.5, 0.6) is 0 Å². The number of anilines is 2. The van der Waals surface area contributed by atoms with E-state index in [1.165, 1.54) is 0 Å². The van der Waals surface area contributed by atoms with Gasteiger partial charge >= 0.3 is 0 Å². The normalized spacial score (nSPS) is 10.1. The van der Waals surface area contributed by atoms with Crippen LogP contribution in [0, 0.1) is 0 Å². The summed E-state index contributed by atoms with van der Waals surface area (Å²) in [5.74, 6) is -0.385. The first-order chi connectivity index (χ1) is 10.6. The van der Waals surface area contributed by atoms with E-state index in [-0.39, 0.29) is 11.8 Å². The Morgan fingerprint density at radius 1 is 1.00 bits per heavy atom. The van der Waals surface area contributed by atoms with Crippen molar-refractivity contribution in [2.75, 3.05) is 10.6 Å². The van der Waals surface area contributed by atoms with E-state index in [4.69, 9.17) is 11.6 Å². The van der Waals surface area contributed by atoms with E-state index in [1.807, 2.05) is 6.92 Å². The highest BCUT2D eigenvalue weighted by atomic mass is 35.5. The number of hydrogen-bond acceptors (Lipinski definition) is 2. The third kappa shape index (κ3) is 4.33. The highest BCUT2D eigenvalue weighted by Crippen LogP contribution is 2.19. The van der Waals surface area contributed by atoms with Crippen LogP contribution in [0.4, 0.5) is 11.4 Å². The topological polar surface area (TPSA) is 58.2 Å². The van der Waals surface area contributed by atoms with Crippen LogP contribution in [0.2, 0.25) is 5.02 Å². The number of benzene rings is 2. The zero-order chi connectivity index (χ0) is 15.9. The SMILES string of the molecule is CCCC(=O)Nc1ccccc1C(=O)Nc1ccc(Cl)cc1. The molecule has 0 saturated heterocycles. The Bertz CT molecular complexity index is 669. The lowest BCUT2D eigenvalue weighted by Crippen LogP contribution is -2.17. The van der Waals surface area contributed by atoms with Gasteiger partial charge in [-0.15, -0.1) is 0 Å². The first kappa shape index (κ1) is 16.0. The molecule has 0 aliphatic carbocycles. The molecule has 0 unspecified atom stereocenters. The molecule has 2 aromatic carbocycles. The molecule has 2 amide bonds. The molecule has 0 radical (unpaired) electrons. The Balaban J connectivity index is 2.15. The van der Waals surface area contributed by atoms with Crippen molar-refractivity contribution >= 4 is 34.8 Å². The van der Waals surface area contributed by atoms with Crippen LogP contribution in [-0.2, 0) is 4.79 Å². The molecule has 0 bridgehead atoms. The lowest BCUT2D eigenvalue weighted by molar-refractivity contribution is -0.116. The second-order valence-corrected chi connectivity index (χ2v) is 5.24. The largest absolute Gasteiger partial charge is 0.325 e. The van der Waals surface area contributed by atoms with Crippen molar-refractivity contribution in [2.24, 2.45) is 0 Å². The van der Waals surface area contributed by atoms with Crippen molar-refractivity contribution in [2.45, 2.75) is 19.8 Å². The minimum atomic E-state index is -0.283. The van der Waals surface area contributed by atoms with Gasteiger partial charge in [-0.3, -0.25) is 9.59 Å². The summed E-state index contributed by atoms with van der Waals surface area (Å²) in [4.78, 5) is 24.1. The van der Waals surface area contributed by atoms with Crippen molar-refractivity contribution in [1.82, 2.24) is 0 Å². The summed E-state index contributed by atoms with van der Waals surface area (Å²) in [5.41, 5.74) is 1.57.